The smallest absolute Gasteiger partial charge is 0.255 e. The molecule has 8 heteroatoms. The number of carbonyl (C=O) groups excluding carboxylic acids is 2. The van der Waals surface area contributed by atoms with Gasteiger partial charge in [0.2, 0.25) is 0 Å². The predicted octanol–water partition coefficient (Wildman–Crippen LogP) is 3.95. The van der Waals surface area contributed by atoms with Gasteiger partial charge in [-0.1, -0.05) is 12.1 Å². The van der Waals surface area contributed by atoms with Crippen LogP contribution >= 0.6 is 0 Å². The number of anilines is 1. The van der Waals surface area contributed by atoms with E-state index in [-0.39, 0.29) is 11.3 Å². The van der Waals surface area contributed by atoms with Crippen LogP contribution in [0.15, 0.2) is 66.7 Å². The minimum atomic E-state index is -0.559. The maximum atomic E-state index is 13.9. The van der Waals surface area contributed by atoms with Crippen molar-refractivity contribution in [2.45, 2.75) is 6.42 Å². The molecule has 3 aromatic carbocycles. The van der Waals surface area contributed by atoms with Gasteiger partial charge in [-0.3, -0.25) is 9.59 Å². The van der Waals surface area contributed by atoms with E-state index in [0.717, 1.165) is 22.9 Å². The highest BCUT2D eigenvalue weighted by atomic mass is 19.1. The molecule has 0 saturated carbocycles. The van der Waals surface area contributed by atoms with Crippen molar-refractivity contribution in [3.05, 3.63) is 89.5 Å². The maximum Gasteiger partial charge on any atom is 0.255 e. The number of benzene rings is 3. The quantitative estimate of drug-likeness (QED) is 0.450. The molecule has 0 fully saturated rings. The van der Waals surface area contributed by atoms with Crippen LogP contribution in [-0.4, -0.2) is 35.0 Å². The molecule has 0 unspecified atom stereocenters. The lowest BCUT2D eigenvalue weighted by atomic mass is 10.1. The molecule has 4 rings (SSSR count). The van der Waals surface area contributed by atoms with Crippen molar-refractivity contribution in [3.63, 3.8) is 0 Å². The summed E-state index contributed by atoms with van der Waals surface area (Å²) in [6.45, 7) is 0.333. The van der Waals surface area contributed by atoms with E-state index < -0.39 is 17.6 Å². The minimum Gasteiger partial charge on any atom is -0.497 e. The van der Waals surface area contributed by atoms with Crippen molar-refractivity contribution >= 4 is 28.5 Å². The zero-order valence-electron chi connectivity index (χ0n) is 18.3. The van der Waals surface area contributed by atoms with Crippen molar-refractivity contribution in [2.24, 2.45) is 7.05 Å². The first kappa shape index (κ1) is 22.0. The summed E-state index contributed by atoms with van der Waals surface area (Å²) >= 11 is 0. The molecule has 2 N–H and O–H groups in total. The van der Waals surface area contributed by atoms with Gasteiger partial charge in [-0.2, -0.15) is 0 Å². The number of hydrogen-bond donors (Lipinski definition) is 2. The van der Waals surface area contributed by atoms with Crippen LogP contribution in [0.1, 0.15) is 26.5 Å². The van der Waals surface area contributed by atoms with Gasteiger partial charge >= 0.3 is 0 Å². The Hall–Kier alpha value is -4.20. The van der Waals surface area contributed by atoms with E-state index in [1.54, 1.807) is 24.3 Å². The number of nitrogens with zero attached hydrogens (tertiary/aromatic N) is 2. The number of methoxy groups -OCH3 is 1. The summed E-state index contributed by atoms with van der Waals surface area (Å²) in [6, 6.07) is 17.9. The lowest BCUT2D eigenvalue weighted by molar-refractivity contribution is 0.0954. The standard InChI is InChI=1S/C25H23FN4O3/c1-30-22-6-4-3-5-20(22)28-23(30)13-14-27-25(32)19-12-9-17(26)15-21(19)29-24(31)16-7-10-18(33-2)11-8-16/h3-12,15H,13-14H2,1-2H3,(H,27,32)(H,29,31). The zero-order chi connectivity index (χ0) is 23.4. The number of para-hydroxylation sites is 2. The van der Waals surface area contributed by atoms with Crippen LogP contribution in [0.4, 0.5) is 10.1 Å². The molecule has 33 heavy (non-hydrogen) atoms. The number of ether oxygens (including phenoxy) is 1. The molecular formula is C25H23FN4O3. The Morgan fingerprint density at radius 1 is 1.03 bits per heavy atom. The van der Waals surface area contributed by atoms with E-state index in [2.05, 4.69) is 15.6 Å². The van der Waals surface area contributed by atoms with Crippen molar-refractivity contribution in [1.29, 1.82) is 0 Å². The molecule has 0 atom stereocenters. The number of nitrogens with one attached hydrogen (secondary N) is 2. The first-order chi connectivity index (χ1) is 16.0. The molecule has 4 aromatic rings. The minimum absolute atomic E-state index is 0.0936. The SMILES string of the molecule is COc1ccc(C(=O)Nc2cc(F)ccc2C(=O)NCCc2nc3ccccc3n2C)cc1. The monoisotopic (exact) mass is 446 g/mol. The Balaban J connectivity index is 1.44. The number of aromatic nitrogens is 2. The number of carbonyl (C=O) groups is 2. The van der Waals surface area contributed by atoms with Gasteiger partial charge < -0.3 is 19.9 Å². The number of amides is 2. The average Bonchev–Trinajstić information content (AvgIpc) is 3.14. The van der Waals surface area contributed by atoms with Crippen LogP contribution < -0.4 is 15.4 Å². The van der Waals surface area contributed by atoms with Crippen LogP contribution in [0, 0.1) is 5.82 Å². The Morgan fingerprint density at radius 2 is 1.79 bits per heavy atom. The summed E-state index contributed by atoms with van der Waals surface area (Å²) in [5.41, 5.74) is 2.52. The molecule has 0 bridgehead atoms. The second-order valence-electron chi connectivity index (χ2n) is 7.45. The Labute approximate surface area is 190 Å². The van der Waals surface area contributed by atoms with Gasteiger partial charge in [0, 0.05) is 25.6 Å². The fourth-order valence-corrected chi connectivity index (χ4v) is 3.56. The van der Waals surface area contributed by atoms with E-state index in [1.807, 2.05) is 35.9 Å². The third-order valence-electron chi connectivity index (χ3n) is 5.34. The van der Waals surface area contributed by atoms with Crippen molar-refractivity contribution < 1.29 is 18.7 Å². The highest BCUT2D eigenvalue weighted by Crippen LogP contribution is 2.20. The van der Waals surface area contributed by atoms with Crippen molar-refractivity contribution in [3.8, 4) is 5.75 Å². The number of fused-ring (bicyclic) bond motifs is 1. The highest BCUT2D eigenvalue weighted by molar-refractivity contribution is 6.09. The molecule has 0 spiro atoms. The lowest BCUT2D eigenvalue weighted by Gasteiger charge is -2.12. The fraction of sp³-hybridized carbons (Fsp3) is 0.160. The van der Waals surface area contributed by atoms with Crippen LogP contribution in [0.3, 0.4) is 0 Å². The predicted molar refractivity (Wildman–Crippen MR) is 124 cm³/mol. The van der Waals surface area contributed by atoms with Crippen LogP contribution in [0.5, 0.6) is 5.75 Å². The maximum absolute atomic E-state index is 13.9. The Morgan fingerprint density at radius 3 is 2.52 bits per heavy atom. The van der Waals surface area contributed by atoms with Gasteiger partial charge in [0.25, 0.3) is 11.8 Å². The molecule has 0 radical (unpaired) electrons. The lowest BCUT2D eigenvalue weighted by Crippen LogP contribution is -2.28. The van der Waals surface area contributed by atoms with E-state index in [4.69, 9.17) is 4.74 Å². The van der Waals surface area contributed by atoms with Gasteiger partial charge in [0.15, 0.2) is 0 Å². The van der Waals surface area contributed by atoms with Crippen molar-refractivity contribution in [2.75, 3.05) is 19.0 Å². The first-order valence-corrected chi connectivity index (χ1v) is 10.4. The molecular weight excluding hydrogens is 423 g/mol. The van der Waals surface area contributed by atoms with Gasteiger partial charge in [-0.05, 0) is 54.6 Å². The second kappa shape index (κ2) is 9.52. The van der Waals surface area contributed by atoms with E-state index in [9.17, 15) is 14.0 Å². The van der Waals surface area contributed by atoms with Gasteiger partial charge in [0.1, 0.15) is 17.4 Å². The summed E-state index contributed by atoms with van der Waals surface area (Å²) < 4.78 is 20.9. The highest BCUT2D eigenvalue weighted by Gasteiger charge is 2.16. The van der Waals surface area contributed by atoms with E-state index >= 15 is 0 Å². The number of halogens is 1. The molecule has 0 aliphatic rings. The summed E-state index contributed by atoms with van der Waals surface area (Å²) in [6.07, 6.45) is 0.519. The second-order valence-corrected chi connectivity index (χ2v) is 7.45. The van der Waals surface area contributed by atoms with Crippen LogP contribution in [-0.2, 0) is 13.5 Å². The molecule has 0 aliphatic heterocycles. The number of aryl methyl sites for hydroxylation is 1. The van der Waals surface area contributed by atoms with Crippen LogP contribution in [0.2, 0.25) is 0 Å². The van der Waals surface area contributed by atoms with Crippen LogP contribution in [0.25, 0.3) is 11.0 Å². The number of rotatable bonds is 7. The summed E-state index contributed by atoms with van der Waals surface area (Å²) in [5, 5.41) is 5.45. The molecule has 7 nitrogen and oxygen atoms in total. The summed E-state index contributed by atoms with van der Waals surface area (Å²) in [4.78, 5) is 30.0. The largest absolute Gasteiger partial charge is 0.497 e. The van der Waals surface area contributed by atoms with E-state index in [1.165, 1.54) is 19.2 Å². The molecule has 0 aliphatic carbocycles. The normalized spacial score (nSPS) is 10.8. The molecule has 0 saturated heterocycles. The average molecular weight is 446 g/mol. The summed E-state index contributed by atoms with van der Waals surface area (Å²) in [5.74, 6) is 0.00805. The zero-order valence-corrected chi connectivity index (χ0v) is 18.3. The Kier molecular flexibility index (Phi) is 6.35. The topological polar surface area (TPSA) is 85.2 Å². The molecule has 168 valence electrons. The Bertz CT molecular complexity index is 1320. The molecule has 1 aromatic heterocycles. The van der Waals surface area contributed by atoms with Gasteiger partial charge in [-0.15, -0.1) is 0 Å². The summed E-state index contributed by atoms with van der Waals surface area (Å²) in [7, 11) is 3.46. The molecule has 2 amide bonds. The molecule has 1 heterocycles. The van der Waals surface area contributed by atoms with Gasteiger partial charge in [0.05, 0.1) is 29.4 Å². The third-order valence-corrected chi connectivity index (χ3v) is 5.34. The third kappa shape index (κ3) is 4.85. The van der Waals surface area contributed by atoms with Crippen molar-refractivity contribution in [1.82, 2.24) is 14.9 Å². The van der Waals surface area contributed by atoms with Gasteiger partial charge in [-0.25, -0.2) is 9.37 Å². The van der Waals surface area contributed by atoms with E-state index in [0.29, 0.717) is 24.3 Å². The number of imidazole rings is 1. The fourth-order valence-electron chi connectivity index (χ4n) is 3.56. The first-order valence-electron chi connectivity index (χ1n) is 10.4. The number of hydrogen-bond acceptors (Lipinski definition) is 4.